The fourth-order valence-electron chi connectivity index (χ4n) is 2.81. The van der Waals surface area contributed by atoms with E-state index in [-0.39, 0.29) is 51.7 Å². The van der Waals surface area contributed by atoms with Gasteiger partial charge in [0.2, 0.25) is 0 Å². The van der Waals surface area contributed by atoms with Gasteiger partial charge in [-0.1, -0.05) is 66.2 Å². The largest absolute Gasteiger partial charge is 0.263 e. The average Bonchev–Trinajstić information content (AvgIpc) is 2.60. The monoisotopic (exact) mass is 412 g/mol. The number of allylic oxidation sites excluding steroid dienone is 8. The standard InChI is InChI=1S/2C10H15.Nd/c2*1-7-6-10(4,5)9(3)8(7)2;/h2*1-5H3;/q2*-1;. The van der Waals surface area contributed by atoms with Crippen molar-refractivity contribution in [3.8, 4) is 0 Å². The van der Waals surface area contributed by atoms with Crippen LogP contribution in [0.25, 0.3) is 0 Å². The van der Waals surface area contributed by atoms with Gasteiger partial charge in [0.15, 0.2) is 0 Å². The normalized spacial score (nSPS) is 22.4. The van der Waals surface area contributed by atoms with E-state index in [0.29, 0.717) is 0 Å². The van der Waals surface area contributed by atoms with Crippen molar-refractivity contribution in [3.63, 3.8) is 0 Å². The summed E-state index contributed by atoms with van der Waals surface area (Å²) in [5.41, 5.74) is 8.79. The molecule has 21 heavy (non-hydrogen) atoms. The maximum Gasteiger partial charge on any atom is 0 e. The minimum absolute atomic E-state index is 0. The molecule has 0 aromatic heterocycles. The van der Waals surface area contributed by atoms with Crippen molar-refractivity contribution in [2.45, 2.75) is 69.2 Å². The fourth-order valence-corrected chi connectivity index (χ4v) is 2.81. The maximum absolute atomic E-state index is 3.44. The summed E-state index contributed by atoms with van der Waals surface area (Å²) in [5.74, 6) is 0. The molecule has 0 aliphatic heterocycles. The van der Waals surface area contributed by atoms with Crippen LogP contribution < -0.4 is 0 Å². The van der Waals surface area contributed by atoms with E-state index in [1.807, 2.05) is 0 Å². The minimum Gasteiger partial charge on any atom is -0.263 e. The molecule has 2 aliphatic carbocycles. The molecule has 0 N–H and O–H groups in total. The molecule has 2 rings (SSSR count). The summed E-state index contributed by atoms with van der Waals surface area (Å²) in [6.45, 7) is 21.8. The van der Waals surface area contributed by atoms with E-state index in [1.54, 1.807) is 0 Å². The molecule has 2 aliphatic rings. The third-order valence-electron chi connectivity index (χ3n) is 5.12. The van der Waals surface area contributed by atoms with Crippen LogP contribution in [0.1, 0.15) is 69.2 Å². The Hall–Kier alpha value is 0.311. The van der Waals surface area contributed by atoms with Crippen LogP contribution in [-0.2, 0) is 0 Å². The predicted molar refractivity (Wildman–Crippen MR) is 89.2 cm³/mol. The molecule has 0 saturated carbocycles. The van der Waals surface area contributed by atoms with Gasteiger partial charge in [0.1, 0.15) is 0 Å². The fraction of sp³-hybridized carbons (Fsp3) is 0.600. The summed E-state index contributed by atoms with van der Waals surface area (Å²) in [4.78, 5) is 0. The van der Waals surface area contributed by atoms with Crippen molar-refractivity contribution in [3.05, 3.63) is 45.6 Å². The second-order valence-corrected chi connectivity index (χ2v) is 7.25. The molecule has 0 fully saturated rings. The van der Waals surface area contributed by atoms with Crippen LogP contribution >= 0.6 is 0 Å². The van der Waals surface area contributed by atoms with Crippen molar-refractivity contribution < 1.29 is 40.8 Å². The molecule has 0 unspecified atom stereocenters. The van der Waals surface area contributed by atoms with Crippen LogP contribution in [0.4, 0.5) is 0 Å². The predicted octanol–water partition coefficient (Wildman–Crippen LogP) is 6.22. The van der Waals surface area contributed by atoms with Gasteiger partial charge in [-0.3, -0.25) is 12.2 Å². The number of hydrogen-bond donors (Lipinski definition) is 0. The summed E-state index contributed by atoms with van der Waals surface area (Å²) in [5, 5.41) is 0. The van der Waals surface area contributed by atoms with Gasteiger partial charge < -0.3 is 0 Å². The molecule has 0 spiro atoms. The number of hydrogen-bond acceptors (Lipinski definition) is 0. The second-order valence-electron chi connectivity index (χ2n) is 7.25. The Morgan fingerprint density at radius 1 is 0.571 bits per heavy atom. The topological polar surface area (TPSA) is 0 Å². The van der Waals surface area contributed by atoms with Gasteiger partial charge in [-0.25, -0.2) is 11.1 Å². The van der Waals surface area contributed by atoms with E-state index in [4.69, 9.17) is 0 Å². The Morgan fingerprint density at radius 2 is 0.810 bits per heavy atom. The Morgan fingerprint density at radius 3 is 0.857 bits per heavy atom. The van der Waals surface area contributed by atoms with Gasteiger partial charge in [0, 0.05) is 40.8 Å². The Balaban J connectivity index is 0.000000364. The molecule has 0 nitrogen and oxygen atoms in total. The van der Waals surface area contributed by atoms with Crippen molar-refractivity contribution >= 4 is 0 Å². The van der Waals surface area contributed by atoms with E-state index in [1.165, 1.54) is 33.4 Å². The van der Waals surface area contributed by atoms with Crippen LogP contribution in [0, 0.1) is 63.8 Å². The minimum atomic E-state index is 0. The van der Waals surface area contributed by atoms with Gasteiger partial charge in [0.05, 0.1) is 0 Å². The van der Waals surface area contributed by atoms with E-state index in [2.05, 4.69) is 81.4 Å². The average molecular weight is 415 g/mol. The molecule has 0 radical (unpaired) electrons. The molecular weight excluding hydrogens is 384 g/mol. The zero-order valence-electron chi connectivity index (χ0n) is 15.5. The smallest absolute Gasteiger partial charge is 0 e. The summed E-state index contributed by atoms with van der Waals surface area (Å²) in [6, 6.07) is 0. The van der Waals surface area contributed by atoms with Crippen molar-refractivity contribution in [2.24, 2.45) is 10.8 Å². The van der Waals surface area contributed by atoms with E-state index in [0.717, 1.165) is 0 Å². The molecule has 0 atom stereocenters. The Bertz CT molecular complexity index is 484. The maximum atomic E-state index is 3.44. The molecule has 0 bridgehead atoms. The summed E-state index contributed by atoms with van der Waals surface area (Å²) < 4.78 is 0. The molecule has 0 saturated heterocycles. The summed E-state index contributed by atoms with van der Waals surface area (Å²) in [6.07, 6.45) is 6.87. The van der Waals surface area contributed by atoms with Crippen molar-refractivity contribution in [1.82, 2.24) is 0 Å². The first kappa shape index (κ1) is 21.3. The summed E-state index contributed by atoms with van der Waals surface area (Å²) in [7, 11) is 0. The third-order valence-corrected chi connectivity index (χ3v) is 5.12. The molecule has 0 aromatic carbocycles. The SMILES string of the molecule is CC1=[C-]C(C)(C)C(C)=C1C.CC1=[C-]C(C)(C)C(C)=C1C.[Nd]. The second kappa shape index (κ2) is 7.25. The van der Waals surface area contributed by atoms with Crippen LogP contribution in [0.2, 0.25) is 0 Å². The van der Waals surface area contributed by atoms with Crippen LogP contribution in [0.5, 0.6) is 0 Å². The van der Waals surface area contributed by atoms with Gasteiger partial charge in [-0.15, -0.1) is 13.8 Å². The van der Waals surface area contributed by atoms with E-state index in [9.17, 15) is 0 Å². The van der Waals surface area contributed by atoms with Crippen LogP contribution in [0.15, 0.2) is 33.4 Å². The quantitative estimate of drug-likeness (QED) is 0.413. The first-order valence-corrected chi connectivity index (χ1v) is 7.50. The van der Waals surface area contributed by atoms with Crippen LogP contribution in [-0.4, -0.2) is 0 Å². The van der Waals surface area contributed by atoms with Crippen LogP contribution in [0.3, 0.4) is 0 Å². The molecule has 0 aromatic rings. The van der Waals surface area contributed by atoms with Gasteiger partial charge in [-0.2, -0.15) is 22.3 Å². The molecule has 1 heteroatoms. The Kier molecular flexibility index (Phi) is 7.36. The first-order valence-electron chi connectivity index (χ1n) is 7.50. The van der Waals surface area contributed by atoms with Gasteiger partial charge >= 0.3 is 0 Å². The number of rotatable bonds is 0. The molecule has 0 amide bonds. The van der Waals surface area contributed by atoms with Crippen molar-refractivity contribution in [2.75, 3.05) is 0 Å². The zero-order chi connectivity index (χ0) is 15.9. The molecule has 116 valence electrons. The third kappa shape index (κ3) is 4.64. The zero-order valence-corrected chi connectivity index (χ0v) is 18.7. The molecule has 0 heterocycles. The summed E-state index contributed by atoms with van der Waals surface area (Å²) >= 11 is 0. The van der Waals surface area contributed by atoms with E-state index < -0.39 is 0 Å². The van der Waals surface area contributed by atoms with E-state index >= 15 is 0 Å². The van der Waals surface area contributed by atoms with Gasteiger partial charge in [0.25, 0.3) is 0 Å². The Labute approximate surface area is 165 Å². The first-order chi connectivity index (χ1) is 8.90. The molecular formula is C20H30Nd-2. The van der Waals surface area contributed by atoms with Crippen molar-refractivity contribution in [1.29, 1.82) is 0 Å². The van der Waals surface area contributed by atoms with Gasteiger partial charge in [-0.05, 0) is 0 Å².